The third-order valence-corrected chi connectivity index (χ3v) is 3.46. The molecule has 0 spiro atoms. The van der Waals surface area contributed by atoms with Crippen molar-refractivity contribution in [3.63, 3.8) is 0 Å². The maximum absolute atomic E-state index is 11.7. The van der Waals surface area contributed by atoms with E-state index in [1.807, 2.05) is 44.2 Å². The Morgan fingerprint density at radius 3 is 2.37 bits per heavy atom. The van der Waals surface area contributed by atoms with Gasteiger partial charge in [-0.05, 0) is 29.9 Å². The van der Waals surface area contributed by atoms with Gasteiger partial charge in [-0.2, -0.15) is 0 Å². The molecule has 0 bridgehead atoms. The summed E-state index contributed by atoms with van der Waals surface area (Å²) in [7, 11) is 0. The Hall–Kier alpha value is -1.22. The van der Waals surface area contributed by atoms with Gasteiger partial charge < -0.3 is 5.32 Å². The number of hydrogen-bond acceptors (Lipinski definition) is 2. The van der Waals surface area contributed by atoms with Crippen molar-refractivity contribution in [3.05, 3.63) is 41.3 Å². The summed E-state index contributed by atoms with van der Waals surface area (Å²) in [5.74, 6) is 0.533. The highest BCUT2D eigenvalue weighted by Gasteiger charge is 2.03. The monoisotopic (exact) mass is 279 g/mol. The van der Waals surface area contributed by atoms with Crippen LogP contribution in [0.2, 0.25) is 0 Å². The van der Waals surface area contributed by atoms with Crippen molar-refractivity contribution in [2.24, 2.45) is 0 Å². The number of amides is 1. The standard InChI is InChI=1S/C14H19NOS.C2H6/c1-3-8-13(4-2)17-11-14(16)15-12-9-6-5-7-10-12;1-2/h5-10H,3-4,11H2,1-2H3,(H,15,16);1-2H3/b13-8-;. The molecule has 1 rings (SSSR count). The van der Waals surface area contributed by atoms with Gasteiger partial charge in [0, 0.05) is 5.69 Å². The smallest absolute Gasteiger partial charge is 0.234 e. The summed E-state index contributed by atoms with van der Waals surface area (Å²) in [6.07, 6.45) is 4.20. The largest absolute Gasteiger partial charge is 0.325 e. The molecule has 0 saturated heterocycles. The Morgan fingerprint density at radius 2 is 1.84 bits per heavy atom. The number of carbonyl (C=O) groups is 1. The second kappa shape index (κ2) is 11.8. The second-order valence-corrected chi connectivity index (χ2v) is 4.74. The van der Waals surface area contributed by atoms with E-state index >= 15 is 0 Å². The third kappa shape index (κ3) is 8.49. The molecule has 0 aliphatic carbocycles. The summed E-state index contributed by atoms with van der Waals surface area (Å²) >= 11 is 1.62. The van der Waals surface area contributed by atoms with E-state index in [1.54, 1.807) is 11.8 Å². The van der Waals surface area contributed by atoms with Crippen LogP contribution in [0.4, 0.5) is 5.69 Å². The van der Waals surface area contributed by atoms with E-state index in [-0.39, 0.29) is 5.91 Å². The summed E-state index contributed by atoms with van der Waals surface area (Å²) < 4.78 is 0. The van der Waals surface area contributed by atoms with E-state index in [1.165, 1.54) is 4.91 Å². The van der Waals surface area contributed by atoms with Crippen LogP contribution in [0.25, 0.3) is 0 Å². The molecule has 0 unspecified atom stereocenters. The first-order valence-electron chi connectivity index (χ1n) is 6.93. The molecule has 0 fully saturated rings. The van der Waals surface area contributed by atoms with E-state index in [0.29, 0.717) is 5.75 Å². The highest BCUT2D eigenvalue weighted by Crippen LogP contribution is 2.19. The van der Waals surface area contributed by atoms with E-state index < -0.39 is 0 Å². The van der Waals surface area contributed by atoms with Gasteiger partial charge in [0.15, 0.2) is 0 Å². The van der Waals surface area contributed by atoms with Crippen molar-refractivity contribution in [3.8, 4) is 0 Å². The second-order valence-electron chi connectivity index (χ2n) is 3.64. The predicted molar refractivity (Wildman–Crippen MR) is 87.5 cm³/mol. The summed E-state index contributed by atoms with van der Waals surface area (Å²) in [6.45, 7) is 8.23. The number of allylic oxidation sites excluding steroid dienone is 2. The molecular weight excluding hydrogens is 254 g/mol. The van der Waals surface area contributed by atoms with Crippen LogP contribution in [0.15, 0.2) is 41.3 Å². The van der Waals surface area contributed by atoms with Gasteiger partial charge in [-0.25, -0.2) is 0 Å². The van der Waals surface area contributed by atoms with Crippen molar-refractivity contribution in [1.82, 2.24) is 0 Å². The maximum atomic E-state index is 11.7. The molecule has 106 valence electrons. The number of benzene rings is 1. The zero-order valence-corrected chi connectivity index (χ0v) is 13.2. The Kier molecular flexibility index (Phi) is 11.1. The van der Waals surface area contributed by atoms with Gasteiger partial charge in [0.1, 0.15) is 0 Å². The molecule has 0 radical (unpaired) electrons. The fourth-order valence-corrected chi connectivity index (χ4v) is 2.29. The number of thioether (sulfide) groups is 1. The number of hydrogen-bond donors (Lipinski definition) is 1. The molecule has 0 atom stereocenters. The van der Waals surface area contributed by atoms with Gasteiger partial charge >= 0.3 is 0 Å². The minimum absolute atomic E-state index is 0.0525. The topological polar surface area (TPSA) is 29.1 Å². The van der Waals surface area contributed by atoms with Gasteiger partial charge in [0.05, 0.1) is 5.75 Å². The predicted octanol–water partition coefficient (Wildman–Crippen LogP) is 5.09. The lowest BCUT2D eigenvalue weighted by molar-refractivity contribution is -0.113. The first kappa shape index (κ1) is 17.8. The number of anilines is 1. The molecule has 1 aromatic rings. The lowest BCUT2D eigenvalue weighted by Crippen LogP contribution is -2.13. The fourth-order valence-electron chi connectivity index (χ4n) is 1.41. The lowest BCUT2D eigenvalue weighted by Gasteiger charge is -2.06. The minimum Gasteiger partial charge on any atom is -0.325 e. The fraction of sp³-hybridized carbons (Fsp3) is 0.438. The first-order chi connectivity index (χ1) is 9.26. The molecule has 3 heteroatoms. The van der Waals surface area contributed by atoms with Crippen LogP contribution in [0.1, 0.15) is 40.5 Å². The molecule has 19 heavy (non-hydrogen) atoms. The number of nitrogens with one attached hydrogen (secondary N) is 1. The first-order valence-corrected chi connectivity index (χ1v) is 7.91. The Morgan fingerprint density at radius 1 is 1.21 bits per heavy atom. The van der Waals surface area contributed by atoms with Crippen LogP contribution >= 0.6 is 11.8 Å². The van der Waals surface area contributed by atoms with Crippen molar-refractivity contribution in [2.45, 2.75) is 40.5 Å². The average Bonchev–Trinajstić information content (AvgIpc) is 2.46. The minimum atomic E-state index is 0.0525. The van der Waals surface area contributed by atoms with E-state index in [0.717, 1.165) is 18.5 Å². The van der Waals surface area contributed by atoms with Crippen LogP contribution in [-0.2, 0) is 4.79 Å². The summed E-state index contributed by atoms with van der Waals surface area (Å²) in [5, 5.41) is 2.88. The highest BCUT2D eigenvalue weighted by molar-refractivity contribution is 8.03. The van der Waals surface area contributed by atoms with Gasteiger partial charge in [0.2, 0.25) is 5.91 Å². The van der Waals surface area contributed by atoms with Gasteiger partial charge in [-0.1, -0.05) is 52.0 Å². The Labute approximate surface area is 121 Å². The molecule has 0 aromatic heterocycles. The molecule has 0 aliphatic heterocycles. The molecule has 0 aliphatic rings. The van der Waals surface area contributed by atoms with E-state index in [9.17, 15) is 4.79 Å². The van der Waals surface area contributed by atoms with Crippen LogP contribution in [-0.4, -0.2) is 11.7 Å². The highest BCUT2D eigenvalue weighted by atomic mass is 32.2. The van der Waals surface area contributed by atoms with Gasteiger partial charge in [-0.3, -0.25) is 4.79 Å². The lowest BCUT2D eigenvalue weighted by atomic mass is 10.3. The van der Waals surface area contributed by atoms with Gasteiger partial charge in [-0.15, -0.1) is 11.8 Å². The van der Waals surface area contributed by atoms with Crippen LogP contribution in [0.3, 0.4) is 0 Å². The van der Waals surface area contributed by atoms with Crippen LogP contribution in [0, 0.1) is 0 Å². The summed E-state index contributed by atoms with van der Waals surface area (Å²) in [6, 6.07) is 9.55. The van der Waals surface area contributed by atoms with Crippen molar-refractivity contribution in [2.75, 3.05) is 11.1 Å². The normalized spacial score (nSPS) is 10.4. The Balaban J connectivity index is 0.00000154. The summed E-state index contributed by atoms with van der Waals surface area (Å²) in [5.41, 5.74) is 0.857. The Bertz CT molecular complexity index is 374. The SMILES string of the molecule is CC.CC/C=C(/CC)SCC(=O)Nc1ccccc1. The van der Waals surface area contributed by atoms with Crippen molar-refractivity contribution >= 4 is 23.4 Å². The molecule has 0 heterocycles. The molecular formula is C16H25NOS. The molecule has 1 amide bonds. The maximum Gasteiger partial charge on any atom is 0.234 e. The average molecular weight is 279 g/mol. The van der Waals surface area contributed by atoms with Gasteiger partial charge in [0.25, 0.3) is 0 Å². The zero-order valence-electron chi connectivity index (χ0n) is 12.4. The van der Waals surface area contributed by atoms with E-state index in [4.69, 9.17) is 0 Å². The number of carbonyl (C=O) groups excluding carboxylic acids is 1. The summed E-state index contributed by atoms with van der Waals surface area (Å²) in [4.78, 5) is 13.0. The molecule has 0 saturated carbocycles. The molecule has 2 nitrogen and oxygen atoms in total. The molecule has 1 N–H and O–H groups in total. The van der Waals surface area contributed by atoms with E-state index in [2.05, 4.69) is 25.2 Å². The van der Waals surface area contributed by atoms with Crippen molar-refractivity contribution in [1.29, 1.82) is 0 Å². The number of para-hydroxylation sites is 1. The molecule has 1 aromatic carbocycles. The van der Waals surface area contributed by atoms with Crippen molar-refractivity contribution < 1.29 is 4.79 Å². The third-order valence-electron chi connectivity index (χ3n) is 2.23. The van der Waals surface area contributed by atoms with Crippen LogP contribution < -0.4 is 5.32 Å². The zero-order chi connectivity index (χ0) is 14.5. The van der Waals surface area contributed by atoms with Crippen LogP contribution in [0.5, 0.6) is 0 Å². The quantitative estimate of drug-likeness (QED) is 0.786. The number of rotatable bonds is 6.